The van der Waals surface area contributed by atoms with Crippen LogP contribution >= 0.6 is 0 Å². The van der Waals surface area contributed by atoms with Crippen LogP contribution in [0.2, 0.25) is 0 Å². The van der Waals surface area contributed by atoms with E-state index in [4.69, 9.17) is 4.74 Å². The van der Waals surface area contributed by atoms with Crippen LogP contribution in [0.4, 0.5) is 5.69 Å². The molecule has 6 nitrogen and oxygen atoms in total. The number of carbonyl (C=O) groups is 1. The summed E-state index contributed by atoms with van der Waals surface area (Å²) < 4.78 is 5.89. The fourth-order valence-electron chi connectivity index (χ4n) is 4.60. The van der Waals surface area contributed by atoms with E-state index in [9.17, 15) is 4.79 Å². The Morgan fingerprint density at radius 2 is 2.03 bits per heavy atom. The van der Waals surface area contributed by atoms with Gasteiger partial charge in [0.1, 0.15) is 0 Å². The molecule has 0 saturated carbocycles. The summed E-state index contributed by atoms with van der Waals surface area (Å²) in [6.07, 6.45) is 6.36. The molecule has 3 heterocycles. The summed E-state index contributed by atoms with van der Waals surface area (Å²) in [5.41, 5.74) is 4.96. The number of carbonyl (C=O) groups excluding carboxylic acids is 1. The summed E-state index contributed by atoms with van der Waals surface area (Å²) in [4.78, 5) is 24.0. The van der Waals surface area contributed by atoms with Crippen molar-refractivity contribution in [3.05, 3.63) is 102 Å². The van der Waals surface area contributed by atoms with Gasteiger partial charge >= 0.3 is 0 Å². The van der Waals surface area contributed by atoms with Crippen molar-refractivity contribution in [1.82, 2.24) is 14.9 Å². The Morgan fingerprint density at radius 1 is 1.09 bits per heavy atom. The molecule has 35 heavy (non-hydrogen) atoms. The maximum absolute atomic E-state index is 13.5. The highest BCUT2D eigenvalue weighted by molar-refractivity contribution is 5.95. The first-order valence-corrected chi connectivity index (χ1v) is 12.1. The number of pyridine rings is 2. The van der Waals surface area contributed by atoms with Crippen LogP contribution in [0.3, 0.4) is 0 Å². The first-order chi connectivity index (χ1) is 17.2. The highest BCUT2D eigenvalue weighted by atomic mass is 16.5. The molecule has 1 aliphatic rings. The van der Waals surface area contributed by atoms with Crippen molar-refractivity contribution in [1.29, 1.82) is 0 Å². The molecule has 1 fully saturated rings. The summed E-state index contributed by atoms with van der Waals surface area (Å²) >= 11 is 0. The van der Waals surface area contributed by atoms with E-state index >= 15 is 0 Å². The van der Waals surface area contributed by atoms with Crippen LogP contribution in [0.15, 0.2) is 79.3 Å². The Labute approximate surface area is 206 Å². The lowest BCUT2D eigenvalue weighted by atomic mass is 9.97. The van der Waals surface area contributed by atoms with Crippen molar-refractivity contribution >= 4 is 22.4 Å². The lowest BCUT2D eigenvalue weighted by Gasteiger charge is -2.24. The zero-order valence-electron chi connectivity index (χ0n) is 20.0. The van der Waals surface area contributed by atoms with Gasteiger partial charge in [-0.2, -0.15) is 0 Å². The minimum atomic E-state index is 0.0472. The van der Waals surface area contributed by atoms with Crippen LogP contribution in [-0.4, -0.2) is 47.1 Å². The molecule has 1 saturated heterocycles. The molecule has 0 aliphatic carbocycles. The van der Waals surface area contributed by atoms with Crippen molar-refractivity contribution in [3.8, 4) is 0 Å². The minimum Gasteiger partial charge on any atom is -0.379 e. The third kappa shape index (κ3) is 5.66. The number of fused-ring (bicyclic) bond motifs is 1. The number of aromatic nitrogens is 2. The highest BCUT2D eigenvalue weighted by Crippen LogP contribution is 2.22. The summed E-state index contributed by atoms with van der Waals surface area (Å²) in [5, 5.41) is 5.76. The maximum atomic E-state index is 13.5. The summed E-state index contributed by atoms with van der Waals surface area (Å²) in [6.45, 7) is 5.15. The molecule has 1 amide bonds. The lowest BCUT2D eigenvalue weighted by molar-refractivity contribution is 0.0737. The van der Waals surface area contributed by atoms with Gasteiger partial charge in [-0.1, -0.05) is 30.3 Å². The van der Waals surface area contributed by atoms with Crippen molar-refractivity contribution in [2.75, 3.05) is 31.6 Å². The summed E-state index contributed by atoms with van der Waals surface area (Å²) in [7, 11) is 0. The smallest absolute Gasteiger partial charge is 0.254 e. The predicted molar refractivity (Wildman–Crippen MR) is 138 cm³/mol. The molecular weight excluding hydrogens is 436 g/mol. The van der Waals surface area contributed by atoms with Crippen LogP contribution in [0.25, 0.3) is 10.8 Å². The van der Waals surface area contributed by atoms with E-state index in [0.29, 0.717) is 38.4 Å². The number of anilines is 1. The van der Waals surface area contributed by atoms with E-state index in [0.717, 1.165) is 28.8 Å². The number of aryl methyl sites for hydroxylation is 1. The molecule has 2 aromatic heterocycles. The first-order valence-electron chi connectivity index (χ1n) is 12.1. The molecule has 1 atom stereocenters. The van der Waals surface area contributed by atoms with Crippen LogP contribution < -0.4 is 5.32 Å². The molecule has 1 aliphatic heterocycles. The van der Waals surface area contributed by atoms with Gasteiger partial charge in [-0.15, -0.1) is 0 Å². The zero-order valence-corrected chi connectivity index (χ0v) is 20.0. The van der Waals surface area contributed by atoms with Crippen molar-refractivity contribution < 1.29 is 9.53 Å². The molecule has 1 unspecified atom stereocenters. The van der Waals surface area contributed by atoms with E-state index in [-0.39, 0.29) is 11.8 Å². The Bertz CT molecular complexity index is 1310. The van der Waals surface area contributed by atoms with Crippen LogP contribution in [0.5, 0.6) is 0 Å². The van der Waals surface area contributed by atoms with Crippen molar-refractivity contribution in [2.24, 2.45) is 5.92 Å². The molecule has 6 heteroatoms. The zero-order chi connectivity index (χ0) is 24.0. The SMILES string of the molecule is Cc1ccc(C(=O)N2CCOCC(Cc3ccc4cnccc4c3)C2)cc1NCc1ccccn1. The fourth-order valence-corrected chi connectivity index (χ4v) is 4.60. The van der Waals surface area contributed by atoms with Gasteiger partial charge in [0.15, 0.2) is 0 Å². The quantitative estimate of drug-likeness (QED) is 0.439. The Kier molecular flexibility index (Phi) is 7.00. The first kappa shape index (κ1) is 23.0. The Balaban J connectivity index is 1.28. The third-order valence-electron chi connectivity index (χ3n) is 6.52. The van der Waals surface area contributed by atoms with Crippen molar-refractivity contribution in [2.45, 2.75) is 19.9 Å². The number of nitrogens with zero attached hydrogens (tertiary/aromatic N) is 3. The monoisotopic (exact) mass is 466 g/mol. The standard InChI is InChI=1S/C29H30N4O2/c1-21-5-7-25(16-28(21)32-18-27-4-2-3-10-31-27)29(34)33-12-13-35-20-23(19-33)14-22-6-8-26-17-30-11-9-24(26)15-22/h2-11,15-17,23,32H,12-14,18-20H2,1H3. The lowest BCUT2D eigenvalue weighted by Crippen LogP contribution is -2.36. The average Bonchev–Trinajstić information content (AvgIpc) is 3.14. The number of nitrogens with one attached hydrogen (secondary N) is 1. The molecule has 1 N–H and O–H groups in total. The van der Waals surface area contributed by atoms with E-state index in [1.807, 2.05) is 66.7 Å². The molecule has 5 rings (SSSR count). The van der Waals surface area contributed by atoms with Gasteiger partial charge < -0.3 is 15.0 Å². The molecule has 4 aromatic rings. The molecule has 2 aromatic carbocycles. The van der Waals surface area contributed by atoms with Crippen LogP contribution in [0, 0.1) is 12.8 Å². The average molecular weight is 467 g/mol. The predicted octanol–water partition coefficient (Wildman–Crippen LogP) is 4.88. The summed E-state index contributed by atoms with van der Waals surface area (Å²) in [6, 6.07) is 20.3. The second-order valence-corrected chi connectivity index (χ2v) is 9.16. The van der Waals surface area contributed by atoms with Crippen molar-refractivity contribution in [3.63, 3.8) is 0 Å². The molecular formula is C29H30N4O2. The van der Waals surface area contributed by atoms with Gasteiger partial charge in [-0.05, 0) is 60.2 Å². The molecule has 0 spiro atoms. The fraction of sp³-hybridized carbons (Fsp3) is 0.276. The normalized spacial score (nSPS) is 16.1. The number of benzene rings is 2. The Hall–Kier alpha value is -3.77. The topological polar surface area (TPSA) is 67.4 Å². The molecule has 0 bridgehead atoms. The van der Waals surface area contributed by atoms with Gasteiger partial charge in [0.2, 0.25) is 0 Å². The third-order valence-corrected chi connectivity index (χ3v) is 6.52. The second-order valence-electron chi connectivity index (χ2n) is 9.16. The van der Waals surface area contributed by atoms with Crippen LogP contribution in [0.1, 0.15) is 27.2 Å². The highest BCUT2D eigenvalue weighted by Gasteiger charge is 2.24. The molecule has 0 radical (unpaired) electrons. The second kappa shape index (κ2) is 10.7. The Morgan fingerprint density at radius 3 is 2.91 bits per heavy atom. The van der Waals surface area contributed by atoms with Gasteiger partial charge in [0.05, 0.1) is 25.5 Å². The number of amides is 1. The van der Waals surface area contributed by atoms with Crippen LogP contribution in [-0.2, 0) is 17.7 Å². The number of ether oxygens (including phenoxy) is 1. The number of hydrogen-bond donors (Lipinski definition) is 1. The number of rotatable bonds is 6. The summed E-state index contributed by atoms with van der Waals surface area (Å²) in [5.74, 6) is 0.291. The number of hydrogen-bond acceptors (Lipinski definition) is 5. The van der Waals surface area contributed by atoms with E-state index < -0.39 is 0 Å². The minimum absolute atomic E-state index is 0.0472. The van der Waals surface area contributed by atoms with E-state index in [1.54, 1.807) is 6.20 Å². The van der Waals surface area contributed by atoms with E-state index in [2.05, 4.69) is 33.5 Å². The van der Waals surface area contributed by atoms with Gasteiger partial charge in [-0.25, -0.2) is 0 Å². The van der Waals surface area contributed by atoms with Gasteiger partial charge in [0, 0.05) is 54.2 Å². The maximum Gasteiger partial charge on any atom is 0.254 e. The van der Waals surface area contributed by atoms with Gasteiger partial charge in [-0.3, -0.25) is 14.8 Å². The largest absolute Gasteiger partial charge is 0.379 e. The van der Waals surface area contributed by atoms with Gasteiger partial charge in [0.25, 0.3) is 5.91 Å². The molecule has 178 valence electrons. The van der Waals surface area contributed by atoms with E-state index in [1.165, 1.54) is 10.9 Å².